The van der Waals surface area contributed by atoms with Gasteiger partial charge in [0.2, 0.25) is 5.91 Å². The van der Waals surface area contributed by atoms with Gasteiger partial charge < -0.3 is 9.47 Å². The van der Waals surface area contributed by atoms with Crippen molar-refractivity contribution in [1.29, 1.82) is 0 Å². The number of hydrogen-bond donors (Lipinski definition) is 0. The van der Waals surface area contributed by atoms with E-state index < -0.39 is 28.7 Å². The van der Waals surface area contributed by atoms with Crippen molar-refractivity contribution in [1.82, 2.24) is 0 Å². The molecule has 1 atom stereocenters. The third kappa shape index (κ3) is 6.21. The number of imide groups is 1. The SMILES string of the molecule is CCCCC[C@@]1(C/C=C\C(=O)OC(C)(C)C)C(=O)N(C(=O)OC(C)(C)C)c2ccccc21. The molecule has 0 saturated heterocycles. The van der Waals surface area contributed by atoms with Gasteiger partial charge in [0, 0.05) is 6.08 Å². The first kappa shape index (κ1) is 25.6. The second-order valence-corrected chi connectivity index (χ2v) is 10.3. The van der Waals surface area contributed by atoms with E-state index in [1.807, 2.05) is 18.2 Å². The van der Waals surface area contributed by atoms with E-state index in [4.69, 9.17) is 9.47 Å². The molecule has 176 valence electrons. The van der Waals surface area contributed by atoms with Crippen molar-refractivity contribution in [3.8, 4) is 0 Å². The van der Waals surface area contributed by atoms with Crippen LogP contribution in [-0.2, 0) is 24.5 Å². The Morgan fingerprint density at radius 3 is 2.22 bits per heavy atom. The van der Waals surface area contributed by atoms with Crippen LogP contribution in [0.25, 0.3) is 0 Å². The van der Waals surface area contributed by atoms with E-state index in [1.54, 1.807) is 53.7 Å². The number of esters is 1. The Morgan fingerprint density at radius 2 is 1.62 bits per heavy atom. The summed E-state index contributed by atoms with van der Waals surface area (Å²) in [7, 11) is 0. The molecule has 2 amide bonds. The van der Waals surface area contributed by atoms with Crippen LogP contribution in [0.3, 0.4) is 0 Å². The van der Waals surface area contributed by atoms with Gasteiger partial charge in [0.25, 0.3) is 0 Å². The molecule has 2 rings (SSSR count). The van der Waals surface area contributed by atoms with Gasteiger partial charge in [-0.1, -0.05) is 50.5 Å². The van der Waals surface area contributed by atoms with E-state index >= 15 is 0 Å². The van der Waals surface area contributed by atoms with Crippen LogP contribution in [0.2, 0.25) is 0 Å². The van der Waals surface area contributed by atoms with Crippen molar-refractivity contribution in [3.05, 3.63) is 42.0 Å². The first-order chi connectivity index (χ1) is 14.8. The summed E-state index contributed by atoms with van der Waals surface area (Å²) in [5.74, 6) is -0.762. The Labute approximate surface area is 192 Å². The Balaban J connectivity index is 2.43. The summed E-state index contributed by atoms with van der Waals surface area (Å²) < 4.78 is 10.9. The summed E-state index contributed by atoms with van der Waals surface area (Å²) >= 11 is 0. The minimum Gasteiger partial charge on any atom is -0.457 e. The Morgan fingerprint density at radius 1 is 1.00 bits per heavy atom. The maximum atomic E-state index is 13.8. The minimum atomic E-state index is -0.929. The number of anilines is 1. The van der Waals surface area contributed by atoms with E-state index in [0.29, 0.717) is 18.5 Å². The van der Waals surface area contributed by atoms with Gasteiger partial charge in [0.05, 0.1) is 11.1 Å². The molecule has 1 aromatic carbocycles. The Hall–Kier alpha value is -2.63. The zero-order valence-corrected chi connectivity index (χ0v) is 20.5. The first-order valence-electron chi connectivity index (χ1n) is 11.4. The molecule has 1 aliphatic heterocycles. The summed E-state index contributed by atoms with van der Waals surface area (Å²) in [6, 6.07) is 7.35. The molecule has 0 spiro atoms. The standard InChI is InChI=1S/C26H37NO5/c1-8-9-12-17-26(18-13-16-21(28)31-24(2,3)4)19-14-10-11-15-20(19)27(22(26)29)23(30)32-25(5,6)7/h10-11,13-16H,8-9,12,17-18H2,1-7H3/b16-13-/t26-/m0/s1. The molecule has 1 heterocycles. The number of benzene rings is 1. The van der Waals surface area contributed by atoms with E-state index in [1.165, 1.54) is 6.08 Å². The van der Waals surface area contributed by atoms with Crippen molar-refractivity contribution in [2.45, 2.75) is 97.2 Å². The van der Waals surface area contributed by atoms with E-state index in [2.05, 4.69) is 6.92 Å². The number of allylic oxidation sites excluding steroid dienone is 1. The van der Waals surface area contributed by atoms with Crippen molar-refractivity contribution < 1.29 is 23.9 Å². The van der Waals surface area contributed by atoms with Crippen LogP contribution >= 0.6 is 0 Å². The van der Waals surface area contributed by atoms with Gasteiger partial charge in [-0.15, -0.1) is 0 Å². The molecule has 0 aromatic heterocycles. The summed E-state index contributed by atoms with van der Waals surface area (Å²) in [6.07, 6.45) is 6.07. The summed E-state index contributed by atoms with van der Waals surface area (Å²) in [4.78, 5) is 40.1. The number of para-hydroxylation sites is 1. The van der Waals surface area contributed by atoms with Gasteiger partial charge in [0.1, 0.15) is 11.2 Å². The van der Waals surface area contributed by atoms with Crippen LogP contribution in [0.1, 0.15) is 86.1 Å². The van der Waals surface area contributed by atoms with E-state index in [-0.39, 0.29) is 5.91 Å². The molecular formula is C26H37NO5. The van der Waals surface area contributed by atoms with Crippen LogP contribution < -0.4 is 4.90 Å². The van der Waals surface area contributed by atoms with Crippen LogP contribution in [0, 0.1) is 0 Å². The highest BCUT2D eigenvalue weighted by Gasteiger charge is 2.52. The lowest BCUT2D eigenvalue weighted by molar-refractivity contribution is -0.148. The number of carbonyl (C=O) groups is 3. The van der Waals surface area contributed by atoms with Gasteiger partial charge in [0.15, 0.2) is 0 Å². The molecule has 0 radical (unpaired) electrons. The predicted molar refractivity (Wildman–Crippen MR) is 126 cm³/mol. The summed E-state index contributed by atoms with van der Waals surface area (Å²) in [5, 5.41) is 0. The molecule has 32 heavy (non-hydrogen) atoms. The zero-order chi connectivity index (χ0) is 24.2. The average Bonchev–Trinajstić information content (AvgIpc) is 2.88. The maximum absolute atomic E-state index is 13.8. The minimum absolute atomic E-state index is 0.297. The molecule has 6 nitrogen and oxygen atoms in total. The fourth-order valence-electron chi connectivity index (χ4n) is 3.91. The number of hydrogen-bond acceptors (Lipinski definition) is 5. The number of rotatable bonds is 7. The first-order valence-corrected chi connectivity index (χ1v) is 11.4. The number of unbranched alkanes of at least 4 members (excludes halogenated alkanes) is 2. The van der Waals surface area contributed by atoms with Crippen LogP contribution in [0.4, 0.5) is 10.5 Å². The van der Waals surface area contributed by atoms with Crippen LogP contribution in [0.5, 0.6) is 0 Å². The smallest absolute Gasteiger partial charge is 0.421 e. The fraction of sp³-hybridized carbons (Fsp3) is 0.577. The van der Waals surface area contributed by atoms with Gasteiger partial charge in [-0.25, -0.2) is 14.5 Å². The number of carbonyl (C=O) groups excluding carboxylic acids is 3. The molecule has 1 aliphatic rings. The van der Waals surface area contributed by atoms with Crippen LogP contribution in [0.15, 0.2) is 36.4 Å². The van der Waals surface area contributed by atoms with Crippen molar-refractivity contribution in [3.63, 3.8) is 0 Å². The highest BCUT2D eigenvalue weighted by Crippen LogP contribution is 2.48. The van der Waals surface area contributed by atoms with Crippen molar-refractivity contribution in [2.24, 2.45) is 0 Å². The molecule has 0 unspecified atom stereocenters. The lowest BCUT2D eigenvalue weighted by Crippen LogP contribution is -2.45. The molecule has 0 saturated carbocycles. The fourth-order valence-corrected chi connectivity index (χ4v) is 3.91. The van der Waals surface area contributed by atoms with E-state index in [0.717, 1.165) is 29.7 Å². The number of fused-ring (bicyclic) bond motifs is 1. The summed E-state index contributed by atoms with van der Waals surface area (Å²) in [6.45, 7) is 12.8. The van der Waals surface area contributed by atoms with E-state index in [9.17, 15) is 14.4 Å². The lowest BCUT2D eigenvalue weighted by Gasteiger charge is -2.28. The molecule has 6 heteroatoms. The number of ether oxygens (including phenoxy) is 2. The topological polar surface area (TPSA) is 72.9 Å². The highest BCUT2D eigenvalue weighted by atomic mass is 16.6. The predicted octanol–water partition coefficient (Wildman–Crippen LogP) is 6.07. The molecule has 1 aromatic rings. The molecule has 0 fully saturated rings. The zero-order valence-electron chi connectivity index (χ0n) is 20.5. The Kier molecular flexibility index (Phi) is 7.92. The molecule has 0 N–H and O–H groups in total. The number of nitrogens with zero attached hydrogens (tertiary/aromatic N) is 1. The monoisotopic (exact) mass is 443 g/mol. The third-order valence-electron chi connectivity index (χ3n) is 5.18. The van der Waals surface area contributed by atoms with Gasteiger partial charge in [-0.05, 0) is 66.0 Å². The maximum Gasteiger partial charge on any atom is 0.421 e. The van der Waals surface area contributed by atoms with Crippen LogP contribution in [-0.4, -0.2) is 29.2 Å². The van der Waals surface area contributed by atoms with Gasteiger partial charge in [-0.2, -0.15) is 0 Å². The quantitative estimate of drug-likeness (QED) is 0.290. The molecular weight excluding hydrogens is 406 g/mol. The molecule has 0 aliphatic carbocycles. The average molecular weight is 444 g/mol. The third-order valence-corrected chi connectivity index (χ3v) is 5.18. The van der Waals surface area contributed by atoms with Crippen molar-refractivity contribution >= 4 is 23.7 Å². The largest absolute Gasteiger partial charge is 0.457 e. The second-order valence-electron chi connectivity index (χ2n) is 10.3. The highest BCUT2D eigenvalue weighted by molar-refractivity contribution is 6.21. The summed E-state index contributed by atoms with van der Waals surface area (Å²) in [5.41, 5.74) is -0.907. The van der Waals surface area contributed by atoms with Crippen molar-refractivity contribution in [2.75, 3.05) is 4.90 Å². The Bertz CT molecular complexity index is 875. The van der Waals surface area contributed by atoms with Gasteiger partial charge in [-0.3, -0.25) is 4.79 Å². The normalized spacial score (nSPS) is 18.7. The van der Waals surface area contributed by atoms with Gasteiger partial charge >= 0.3 is 12.1 Å². The number of amides is 2. The lowest BCUT2D eigenvalue weighted by atomic mass is 9.74. The molecule has 0 bridgehead atoms. The second kappa shape index (κ2) is 9.88.